The van der Waals surface area contributed by atoms with E-state index in [1.807, 2.05) is 29.2 Å². The fourth-order valence-corrected chi connectivity index (χ4v) is 5.46. The van der Waals surface area contributed by atoms with Gasteiger partial charge in [0.05, 0.1) is 12.0 Å². The summed E-state index contributed by atoms with van der Waals surface area (Å²) >= 11 is 0. The van der Waals surface area contributed by atoms with Crippen molar-refractivity contribution in [3.63, 3.8) is 0 Å². The lowest BCUT2D eigenvalue weighted by molar-refractivity contribution is 0.0730. The smallest absolute Gasteiger partial charge is 0.254 e. The fourth-order valence-electron chi connectivity index (χ4n) is 3.99. The number of hydrogen-bond acceptors (Lipinski definition) is 4. The Balaban J connectivity index is 1.48. The maximum absolute atomic E-state index is 13.2. The number of piperidine rings is 1. The Bertz CT molecular complexity index is 1010. The average Bonchev–Trinajstić information content (AvgIpc) is 3.63. The van der Waals surface area contributed by atoms with Crippen LogP contribution in [0, 0.1) is 5.92 Å². The molecule has 2 fully saturated rings. The minimum absolute atomic E-state index is 0.0611. The second-order valence-corrected chi connectivity index (χ2v) is 10.6. The van der Waals surface area contributed by atoms with E-state index in [1.165, 1.54) is 0 Å². The Labute approximate surface area is 184 Å². The standard InChI is InChI=1S/C24H30N2O4S/c1-18-13-15-25(16-14-18)31(28,29)23-11-5-20(6-12-23)24(27)26(21-7-8-21)17-19-3-9-22(30-2)10-4-19/h3-6,9-12,18,21H,7-8,13-17H2,1-2H3. The second kappa shape index (κ2) is 9.01. The summed E-state index contributed by atoms with van der Waals surface area (Å²) in [6, 6.07) is 14.4. The molecule has 0 bridgehead atoms. The number of amides is 1. The molecule has 0 N–H and O–H groups in total. The van der Waals surface area contributed by atoms with Crippen molar-refractivity contribution in [1.82, 2.24) is 9.21 Å². The van der Waals surface area contributed by atoms with Gasteiger partial charge in [-0.25, -0.2) is 8.42 Å². The van der Waals surface area contributed by atoms with Crippen LogP contribution in [-0.2, 0) is 16.6 Å². The van der Waals surface area contributed by atoms with Crippen LogP contribution >= 0.6 is 0 Å². The summed E-state index contributed by atoms with van der Waals surface area (Å²) in [6.07, 6.45) is 3.78. The van der Waals surface area contributed by atoms with E-state index in [1.54, 1.807) is 35.7 Å². The highest BCUT2D eigenvalue weighted by molar-refractivity contribution is 7.89. The molecule has 1 heterocycles. The lowest BCUT2D eigenvalue weighted by Gasteiger charge is -2.29. The molecule has 1 saturated carbocycles. The van der Waals surface area contributed by atoms with Gasteiger partial charge in [-0.3, -0.25) is 4.79 Å². The Morgan fingerprint density at radius 1 is 1.00 bits per heavy atom. The molecule has 2 aromatic carbocycles. The van der Waals surface area contributed by atoms with Crippen molar-refractivity contribution in [3.8, 4) is 5.75 Å². The van der Waals surface area contributed by atoms with E-state index in [-0.39, 0.29) is 16.8 Å². The number of carbonyl (C=O) groups is 1. The number of methoxy groups -OCH3 is 1. The number of sulfonamides is 1. The van der Waals surface area contributed by atoms with E-state index < -0.39 is 10.0 Å². The van der Waals surface area contributed by atoms with Crippen LogP contribution in [0.2, 0.25) is 0 Å². The zero-order valence-corrected chi connectivity index (χ0v) is 19.0. The van der Waals surface area contributed by atoms with E-state index in [0.29, 0.717) is 31.1 Å². The molecule has 0 radical (unpaired) electrons. The van der Waals surface area contributed by atoms with E-state index in [0.717, 1.165) is 37.0 Å². The molecule has 1 amide bonds. The van der Waals surface area contributed by atoms with Crippen molar-refractivity contribution >= 4 is 15.9 Å². The summed E-state index contributed by atoms with van der Waals surface area (Å²) in [5, 5.41) is 0. The van der Waals surface area contributed by atoms with Gasteiger partial charge in [0, 0.05) is 31.2 Å². The fraction of sp³-hybridized carbons (Fsp3) is 0.458. The van der Waals surface area contributed by atoms with Gasteiger partial charge in [0.2, 0.25) is 10.0 Å². The maximum Gasteiger partial charge on any atom is 0.254 e. The Hall–Kier alpha value is -2.38. The first-order valence-corrected chi connectivity index (χ1v) is 12.4. The molecule has 4 rings (SSSR count). The normalized spacial score (nSPS) is 18.0. The monoisotopic (exact) mass is 442 g/mol. The maximum atomic E-state index is 13.2. The van der Waals surface area contributed by atoms with Crippen molar-refractivity contribution in [2.45, 2.75) is 50.1 Å². The summed E-state index contributed by atoms with van der Waals surface area (Å²) in [7, 11) is -1.88. The third-order valence-corrected chi connectivity index (χ3v) is 8.15. The van der Waals surface area contributed by atoms with Crippen LogP contribution in [0.5, 0.6) is 5.75 Å². The SMILES string of the molecule is COc1ccc(CN(C(=O)c2ccc(S(=O)(=O)N3CCC(C)CC3)cc2)C2CC2)cc1. The van der Waals surface area contributed by atoms with Crippen molar-refractivity contribution < 1.29 is 17.9 Å². The molecule has 2 aliphatic rings. The van der Waals surface area contributed by atoms with Crippen LogP contribution in [0.4, 0.5) is 0 Å². The minimum Gasteiger partial charge on any atom is -0.497 e. The van der Waals surface area contributed by atoms with Crippen molar-refractivity contribution in [2.75, 3.05) is 20.2 Å². The van der Waals surface area contributed by atoms with Gasteiger partial charge in [-0.1, -0.05) is 19.1 Å². The Morgan fingerprint density at radius 2 is 1.61 bits per heavy atom. The zero-order valence-electron chi connectivity index (χ0n) is 18.2. The van der Waals surface area contributed by atoms with Crippen LogP contribution in [0.15, 0.2) is 53.4 Å². The number of hydrogen-bond donors (Lipinski definition) is 0. The first kappa shape index (κ1) is 21.8. The average molecular weight is 443 g/mol. The molecule has 166 valence electrons. The summed E-state index contributed by atoms with van der Waals surface area (Å²) < 4.78 is 32.6. The molecule has 0 atom stereocenters. The summed E-state index contributed by atoms with van der Waals surface area (Å²) in [4.78, 5) is 15.3. The predicted octanol–water partition coefficient (Wildman–Crippen LogP) is 3.92. The number of carbonyl (C=O) groups excluding carboxylic acids is 1. The third kappa shape index (κ3) is 4.93. The summed E-state index contributed by atoms with van der Waals surface area (Å²) in [5.74, 6) is 1.28. The van der Waals surface area contributed by atoms with Crippen molar-refractivity contribution in [1.29, 1.82) is 0 Å². The summed E-state index contributed by atoms with van der Waals surface area (Å²) in [6.45, 7) is 3.80. The third-order valence-electron chi connectivity index (χ3n) is 6.24. The highest BCUT2D eigenvalue weighted by Gasteiger charge is 2.33. The molecular weight excluding hydrogens is 412 g/mol. The predicted molar refractivity (Wildman–Crippen MR) is 119 cm³/mol. The summed E-state index contributed by atoms with van der Waals surface area (Å²) in [5.41, 5.74) is 1.56. The van der Waals surface area contributed by atoms with Crippen LogP contribution in [-0.4, -0.2) is 49.8 Å². The lowest BCUT2D eigenvalue weighted by atomic mass is 10.0. The van der Waals surface area contributed by atoms with Gasteiger partial charge in [0.25, 0.3) is 5.91 Å². The first-order valence-electron chi connectivity index (χ1n) is 10.9. The lowest BCUT2D eigenvalue weighted by Crippen LogP contribution is -2.37. The van der Waals surface area contributed by atoms with Crippen LogP contribution in [0.3, 0.4) is 0 Å². The first-order chi connectivity index (χ1) is 14.9. The van der Waals surface area contributed by atoms with Crippen LogP contribution in [0.1, 0.15) is 48.5 Å². The van der Waals surface area contributed by atoms with Gasteiger partial charge < -0.3 is 9.64 Å². The molecule has 2 aromatic rings. The van der Waals surface area contributed by atoms with Gasteiger partial charge >= 0.3 is 0 Å². The van der Waals surface area contributed by atoms with E-state index in [4.69, 9.17) is 4.74 Å². The van der Waals surface area contributed by atoms with E-state index in [2.05, 4.69) is 6.92 Å². The number of benzene rings is 2. The van der Waals surface area contributed by atoms with Gasteiger partial charge in [-0.15, -0.1) is 0 Å². The Kier molecular flexibility index (Phi) is 6.34. The van der Waals surface area contributed by atoms with Crippen molar-refractivity contribution in [2.24, 2.45) is 5.92 Å². The molecule has 6 nitrogen and oxygen atoms in total. The highest BCUT2D eigenvalue weighted by atomic mass is 32.2. The largest absolute Gasteiger partial charge is 0.497 e. The molecular formula is C24H30N2O4S. The molecule has 0 aromatic heterocycles. The molecule has 0 spiro atoms. The topological polar surface area (TPSA) is 66.9 Å². The highest BCUT2D eigenvalue weighted by Crippen LogP contribution is 2.31. The number of ether oxygens (including phenoxy) is 1. The quantitative estimate of drug-likeness (QED) is 0.652. The molecule has 1 aliphatic heterocycles. The molecule has 7 heteroatoms. The van der Waals surface area contributed by atoms with E-state index in [9.17, 15) is 13.2 Å². The van der Waals surface area contributed by atoms with Crippen LogP contribution < -0.4 is 4.74 Å². The van der Waals surface area contributed by atoms with Crippen molar-refractivity contribution in [3.05, 3.63) is 59.7 Å². The number of rotatable bonds is 7. The van der Waals surface area contributed by atoms with Gasteiger partial charge in [-0.2, -0.15) is 4.31 Å². The van der Waals surface area contributed by atoms with Crippen LogP contribution in [0.25, 0.3) is 0 Å². The van der Waals surface area contributed by atoms with E-state index >= 15 is 0 Å². The van der Waals surface area contributed by atoms with Gasteiger partial charge in [0.15, 0.2) is 0 Å². The molecule has 31 heavy (non-hydrogen) atoms. The zero-order chi connectivity index (χ0) is 22.0. The molecule has 1 aliphatic carbocycles. The minimum atomic E-state index is -3.51. The van der Waals surface area contributed by atoms with Gasteiger partial charge in [-0.05, 0) is 73.6 Å². The second-order valence-electron chi connectivity index (χ2n) is 8.62. The molecule has 0 unspecified atom stereocenters. The Morgan fingerprint density at radius 3 is 2.16 bits per heavy atom. The molecule has 1 saturated heterocycles. The number of nitrogens with zero attached hydrogens (tertiary/aromatic N) is 2. The van der Waals surface area contributed by atoms with Gasteiger partial charge in [0.1, 0.15) is 5.75 Å².